The first-order chi connectivity index (χ1) is 7.10. The Morgan fingerprint density at radius 1 is 1.07 bits per heavy atom. The summed E-state index contributed by atoms with van der Waals surface area (Å²) in [6, 6.07) is 0. The SMILES string of the molecule is CC1C=CC(O)(C2CCC(C)CC2)CC1. The molecular weight excluding hydrogens is 184 g/mol. The Balaban J connectivity index is 2.00. The van der Waals surface area contributed by atoms with Crippen molar-refractivity contribution in [1.82, 2.24) is 0 Å². The molecule has 1 saturated carbocycles. The number of hydrogen-bond acceptors (Lipinski definition) is 1. The molecule has 0 aromatic heterocycles. The van der Waals surface area contributed by atoms with E-state index in [1.807, 2.05) is 0 Å². The van der Waals surface area contributed by atoms with E-state index in [0.717, 1.165) is 18.8 Å². The lowest BCUT2D eigenvalue weighted by atomic mass is 9.69. The van der Waals surface area contributed by atoms with E-state index in [2.05, 4.69) is 26.0 Å². The van der Waals surface area contributed by atoms with Gasteiger partial charge in [0, 0.05) is 0 Å². The Bertz CT molecular complexity index is 238. The largest absolute Gasteiger partial charge is 0.386 e. The highest BCUT2D eigenvalue weighted by molar-refractivity contribution is 5.10. The van der Waals surface area contributed by atoms with Gasteiger partial charge in [0.2, 0.25) is 0 Å². The maximum atomic E-state index is 10.6. The fourth-order valence-corrected chi connectivity index (χ4v) is 3.07. The van der Waals surface area contributed by atoms with Gasteiger partial charge in [-0.15, -0.1) is 0 Å². The van der Waals surface area contributed by atoms with Gasteiger partial charge in [-0.1, -0.05) is 38.8 Å². The first kappa shape index (κ1) is 11.2. The lowest BCUT2D eigenvalue weighted by Gasteiger charge is -2.40. The van der Waals surface area contributed by atoms with Gasteiger partial charge >= 0.3 is 0 Å². The van der Waals surface area contributed by atoms with Gasteiger partial charge in [-0.25, -0.2) is 0 Å². The number of rotatable bonds is 1. The van der Waals surface area contributed by atoms with E-state index in [1.54, 1.807) is 0 Å². The van der Waals surface area contributed by atoms with Crippen molar-refractivity contribution in [3.63, 3.8) is 0 Å². The quantitative estimate of drug-likeness (QED) is 0.654. The van der Waals surface area contributed by atoms with E-state index < -0.39 is 5.60 Å². The third kappa shape index (κ3) is 2.44. The van der Waals surface area contributed by atoms with Crippen LogP contribution in [-0.2, 0) is 0 Å². The summed E-state index contributed by atoms with van der Waals surface area (Å²) >= 11 is 0. The zero-order chi connectivity index (χ0) is 10.9. The zero-order valence-electron chi connectivity index (χ0n) is 10.1. The summed E-state index contributed by atoms with van der Waals surface area (Å²) in [4.78, 5) is 0. The Morgan fingerprint density at radius 2 is 1.73 bits per heavy atom. The molecular formula is C14H24O. The molecule has 2 aliphatic rings. The molecule has 15 heavy (non-hydrogen) atoms. The summed E-state index contributed by atoms with van der Waals surface area (Å²) in [5.74, 6) is 2.06. The predicted molar refractivity (Wildman–Crippen MR) is 63.6 cm³/mol. The molecule has 0 heterocycles. The molecule has 2 atom stereocenters. The van der Waals surface area contributed by atoms with Gasteiger partial charge in [0.25, 0.3) is 0 Å². The van der Waals surface area contributed by atoms with Gasteiger partial charge in [-0.3, -0.25) is 0 Å². The van der Waals surface area contributed by atoms with Gasteiger partial charge < -0.3 is 5.11 Å². The Kier molecular flexibility index (Phi) is 3.20. The van der Waals surface area contributed by atoms with Crippen LogP contribution >= 0.6 is 0 Å². The minimum absolute atomic E-state index is 0.466. The number of hydrogen-bond donors (Lipinski definition) is 1. The first-order valence-corrected chi connectivity index (χ1v) is 6.52. The second-order valence-corrected chi connectivity index (χ2v) is 5.82. The van der Waals surface area contributed by atoms with Gasteiger partial charge in [-0.05, 0) is 43.4 Å². The van der Waals surface area contributed by atoms with Crippen molar-refractivity contribution in [2.45, 2.75) is 58.0 Å². The van der Waals surface area contributed by atoms with Crippen LogP contribution in [0.1, 0.15) is 52.4 Å². The van der Waals surface area contributed by atoms with E-state index in [-0.39, 0.29) is 0 Å². The van der Waals surface area contributed by atoms with Gasteiger partial charge in [0.15, 0.2) is 0 Å². The second-order valence-electron chi connectivity index (χ2n) is 5.82. The number of allylic oxidation sites excluding steroid dienone is 1. The minimum atomic E-state index is -0.466. The van der Waals surface area contributed by atoms with Crippen molar-refractivity contribution < 1.29 is 5.11 Å². The molecule has 1 fully saturated rings. The Labute approximate surface area is 93.6 Å². The average molecular weight is 208 g/mol. The maximum absolute atomic E-state index is 10.6. The van der Waals surface area contributed by atoms with Crippen LogP contribution in [0, 0.1) is 17.8 Å². The highest BCUT2D eigenvalue weighted by atomic mass is 16.3. The van der Waals surface area contributed by atoms with Crippen molar-refractivity contribution >= 4 is 0 Å². The van der Waals surface area contributed by atoms with Crippen molar-refractivity contribution in [3.8, 4) is 0 Å². The van der Waals surface area contributed by atoms with Crippen LogP contribution < -0.4 is 0 Å². The van der Waals surface area contributed by atoms with Crippen LogP contribution in [0.5, 0.6) is 0 Å². The summed E-state index contributed by atoms with van der Waals surface area (Å²) in [5.41, 5.74) is -0.466. The molecule has 0 saturated heterocycles. The summed E-state index contributed by atoms with van der Waals surface area (Å²) in [7, 11) is 0. The normalized spacial score (nSPS) is 46.7. The molecule has 1 N–H and O–H groups in total. The van der Waals surface area contributed by atoms with Crippen LogP contribution in [0.3, 0.4) is 0 Å². The average Bonchev–Trinajstić information content (AvgIpc) is 2.24. The summed E-state index contributed by atoms with van der Waals surface area (Å²) in [6.45, 7) is 4.57. The van der Waals surface area contributed by atoms with Crippen molar-refractivity contribution in [3.05, 3.63) is 12.2 Å². The van der Waals surface area contributed by atoms with Crippen LogP contribution in [-0.4, -0.2) is 10.7 Å². The van der Waals surface area contributed by atoms with Crippen LogP contribution in [0.2, 0.25) is 0 Å². The molecule has 1 nitrogen and oxygen atoms in total. The summed E-state index contributed by atoms with van der Waals surface area (Å²) in [5, 5.41) is 10.6. The summed E-state index contributed by atoms with van der Waals surface area (Å²) < 4.78 is 0. The maximum Gasteiger partial charge on any atom is 0.0856 e. The molecule has 86 valence electrons. The van der Waals surface area contributed by atoms with Crippen LogP contribution in [0.25, 0.3) is 0 Å². The molecule has 2 unspecified atom stereocenters. The fraction of sp³-hybridized carbons (Fsp3) is 0.857. The first-order valence-electron chi connectivity index (χ1n) is 6.52. The fourth-order valence-electron chi connectivity index (χ4n) is 3.07. The van der Waals surface area contributed by atoms with Crippen LogP contribution in [0.4, 0.5) is 0 Å². The molecule has 0 spiro atoms. The van der Waals surface area contributed by atoms with E-state index in [9.17, 15) is 5.11 Å². The molecule has 0 amide bonds. The minimum Gasteiger partial charge on any atom is -0.386 e. The molecule has 2 aliphatic carbocycles. The van der Waals surface area contributed by atoms with E-state index in [1.165, 1.54) is 25.7 Å². The predicted octanol–water partition coefficient (Wildman–Crippen LogP) is 3.53. The molecule has 0 bridgehead atoms. The molecule has 0 aromatic rings. The lowest BCUT2D eigenvalue weighted by molar-refractivity contribution is -0.0101. The molecule has 0 aromatic carbocycles. The van der Waals surface area contributed by atoms with Crippen molar-refractivity contribution in [2.24, 2.45) is 17.8 Å². The smallest absolute Gasteiger partial charge is 0.0856 e. The second kappa shape index (κ2) is 4.29. The third-order valence-corrected chi connectivity index (χ3v) is 4.44. The molecule has 1 heteroatoms. The number of aliphatic hydroxyl groups is 1. The Hall–Kier alpha value is -0.300. The Morgan fingerprint density at radius 3 is 2.27 bits per heavy atom. The molecule has 2 rings (SSSR count). The van der Waals surface area contributed by atoms with E-state index >= 15 is 0 Å². The van der Waals surface area contributed by atoms with E-state index in [0.29, 0.717) is 11.8 Å². The highest BCUT2D eigenvalue weighted by Crippen LogP contribution is 2.40. The van der Waals surface area contributed by atoms with Crippen molar-refractivity contribution in [1.29, 1.82) is 0 Å². The zero-order valence-corrected chi connectivity index (χ0v) is 10.1. The van der Waals surface area contributed by atoms with Gasteiger partial charge in [0.1, 0.15) is 0 Å². The lowest BCUT2D eigenvalue weighted by Crippen LogP contribution is -2.40. The standard InChI is InChI=1S/C14H24O/c1-11-3-5-13(6-4-11)14(15)9-7-12(2)8-10-14/h7,9,11-13,15H,3-6,8,10H2,1-2H3. The van der Waals surface area contributed by atoms with Crippen molar-refractivity contribution in [2.75, 3.05) is 0 Å². The monoisotopic (exact) mass is 208 g/mol. The van der Waals surface area contributed by atoms with Crippen LogP contribution in [0.15, 0.2) is 12.2 Å². The highest BCUT2D eigenvalue weighted by Gasteiger charge is 2.37. The molecule has 0 aliphatic heterocycles. The van der Waals surface area contributed by atoms with Gasteiger partial charge in [0.05, 0.1) is 5.60 Å². The topological polar surface area (TPSA) is 20.2 Å². The van der Waals surface area contributed by atoms with E-state index in [4.69, 9.17) is 0 Å². The third-order valence-electron chi connectivity index (χ3n) is 4.44. The summed E-state index contributed by atoms with van der Waals surface area (Å²) in [6.07, 6.45) is 11.5. The van der Waals surface area contributed by atoms with Gasteiger partial charge in [-0.2, -0.15) is 0 Å². The molecule has 0 radical (unpaired) electrons.